The topological polar surface area (TPSA) is 67.9 Å². The van der Waals surface area contributed by atoms with Gasteiger partial charge in [-0.1, -0.05) is 36.4 Å². The third kappa shape index (κ3) is 2.63. The van der Waals surface area contributed by atoms with Crippen LogP contribution in [-0.2, 0) is 25.6 Å². The number of hydrogen-bond donors (Lipinski definition) is 1. The van der Waals surface area contributed by atoms with Crippen molar-refractivity contribution < 1.29 is 19.1 Å². The number of ether oxygens (including phenoxy) is 2. The van der Waals surface area contributed by atoms with E-state index in [1.165, 1.54) is 0 Å². The summed E-state index contributed by atoms with van der Waals surface area (Å²) in [6, 6.07) is 10.1. The fraction of sp³-hybridized carbons (Fsp3) is 0.429. The van der Waals surface area contributed by atoms with E-state index in [-0.39, 0.29) is 17.7 Å². The van der Waals surface area contributed by atoms with Crippen molar-refractivity contribution in [2.24, 2.45) is 11.3 Å². The highest BCUT2D eigenvalue weighted by molar-refractivity contribution is 6.10. The number of imide groups is 1. The first-order valence-corrected chi connectivity index (χ1v) is 9.44. The normalized spacial score (nSPS) is 31.3. The molecule has 2 saturated heterocycles. The van der Waals surface area contributed by atoms with E-state index in [4.69, 9.17) is 9.47 Å². The fourth-order valence-electron chi connectivity index (χ4n) is 4.89. The van der Waals surface area contributed by atoms with Gasteiger partial charge in [-0.05, 0) is 12.0 Å². The van der Waals surface area contributed by atoms with E-state index < -0.39 is 11.2 Å². The number of allylic oxidation sites excluding steroid dienone is 1. The summed E-state index contributed by atoms with van der Waals surface area (Å²) in [5.41, 5.74) is 1.12. The lowest BCUT2D eigenvalue weighted by Gasteiger charge is -2.42. The Balaban J connectivity index is 1.44. The van der Waals surface area contributed by atoms with Crippen LogP contribution in [0.5, 0.6) is 0 Å². The van der Waals surface area contributed by atoms with Crippen molar-refractivity contribution in [3.05, 3.63) is 59.9 Å². The van der Waals surface area contributed by atoms with Crippen LogP contribution in [0, 0.1) is 11.3 Å². The predicted molar refractivity (Wildman–Crippen MR) is 96.8 cm³/mol. The van der Waals surface area contributed by atoms with E-state index in [1.807, 2.05) is 41.6 Å². The van der Waals surface area contributed by atoms with Crippen molar-refractivity contribution in [2.45, 2.75) is 31.6 Å². The molecule has 5 rings (SSSR count). The van der Waals surface area contributed by atoms with Crippen molar-refractivity contribution in [3.8, 4) is 0 Å². The summed E-state index contributed by atoms with van der Waals surface area (Å²) in [6.45, 7) is 1.80. The SMILES string of the molecule is O=C1NC(=O)C2(CCC3(C2)OCCO3)C2C=CN(Cc3ccccc3)C=C12. The Kier molecular flexibility index (Phi) is 3.74. The zero-order chi connectivity index (χ0) is 18.5. The largest absolute Gasteiger partial charge is 0.350 e. The minimum atomic E-state index is -0.681. The first-order chi connectivity index (χ1) is 13.1. The molecule has 1 aliphatic carbocycles. The fourth-order valence-corrected chi connectivity index (χ4v) is 4.89. The molecule has 140 valence electrons. The van der Waals surface area contributed by atoms with Gasteiger partial charge in [0.05, 0.1) is 18.6 Å². The molecular weight excluding hydrogens is 344 g/mol. The highest BCUT2D eigenvalue weighted by Gasteiger charge is 2.62. The highest BCUT2D eigenvalue weighted by atomic mass is 16.7. The summed E-state index contributed by atoms with van der Waals surface area (Å²) in [7, 11) is 0. The zero-order valence-electron chi connectivity index (χ0n) is 15.0. The van der Waals surface area contributed by atoms with Crippen LogP contribution >= 0.6 is 0 Å². The van der Waals surface area contributed by atoms with Crippen molar-refractivity contribution in [2.75, 3.05) is 13.2 Å². The van der Waals surface area contributed by atoms with Crippen LogP contribution in [0.2, 0.25) is 0 Å². The number of amides is 2. The van der Waals surface area contributed by atoms with Gasteiger partial charge in [0.15, 0.2) is 5.79 Å². The van der Waals surface area contributed by atoms with Crippen LogP contribution in [0.4, 0.5) is 0 Å². The Bertz CT molecular complexity index is 841. The average Bonchev–Trinajstić information content (AvgIpc) is 3.30. The third-order valence-corrected chi connectivity index (χ3v) is 6.21. The van der Waals surface area contributed by atoms with E-state index in [2.05, 4.69) is 17.4 Å². The van der Waals surface area contributed by atoms with Gasteiger partial charge in [0.1, 0.15) is 0 Å². The lowest BCUT2D eigenvalue weighted by atomic mass is 9.66. The number of nitrogens with zero attached hydrogens (tertiary/aromatic N) is 1. The van der Waals surface area contributed by atoms with Gasteiger partial charge in [-0.3, -0.25) is 14.9 Å². The van der Waals surface area contributed by atoms with Crippen LogP contribution < -0.4 is 5.32 Å². The summed E-state index contributed by atoms with van der Waals surface area (Å²) in [5.74, 6) is -1.41. The molecule has 6 nitrogen and oxygen atoms in total. The van der Waals surface area contributed by atoms with Gasteiger partial charge in [0, 0.05) is 43.3 Å². The molecule has 0 bridgehead atoms. The number of carbonyl (C=O) groups is 2. The first-order valence-electron chi connectivity index (χ1n) is 9.44. The van der Waals surface area contributed by atoms with Crippen LogP contribution in [0.3, 0.4) is 0 Å². The number of hydrogen-bond acceptors (Lipinski definition) is 5. The Morgan fingerprint density at radius 2 is 1.89 bits per heavy atom. The summed E-state index contributed by atoms with van der Waals surface area (Å²) >= 11 is 0. The average molecular weight is 366 g/mol. The Labute approximate surface area is 157 Å². The van der Waals surface area contributed by atoms with E-state index >= 15 is 0 Å². The van der Waals surface area contributed by atoms with Crippen molar-refractivity contribution in [1.82, 2.24) is 10.2 Å². The molecule has 1 N–H and O–H groups in total. The molecule has 1 aromatic carbocycles. The monoisotopic (exact) mass is 366 g/mol. The summed E-state index contributed by atoms with van der Waals surface area (Å²) in [5, 5.41) is 2.58. The Morgan fingerprint density at radius 1 is 1.11 bits per heavy atom. The molecule has 0 aromatic heterocycles. The molecule has 3 aliphatic heterocycles. The molecule has 4 aliphatic rings. The lowest BCUT2D eigenvalue weighted by Crippen LogP contribution is -2.55. The number of carbonyl (C=O) groups excluding carboxylic acids is 2. The molecule has 2 unspecified atom stereocenters. The van der Waals surface area contributed by atoms with Gasteiger partial charge in [-0.25, -0.2) is 0 Å². The van der Waals surface area contributed by atoms with Crippen LogP contribution in [0.1, 0.15) is 24.8 Å². The molecule has 3 fully saturated rings. The molecule has 6 heteroatoms. The standard InChI is InChI=1S/C21H22N2O4/c24-18-16-13-23(12-15-4-2-1-3-5-15)9-6-17(16)20(19(25)22-18)7-8-21(14-20)26-10-11-27-21/h1-6,9,13,17H,7-8,10-12,14H2,(H,22,24,25). The number of piperidine rings is 1. The molecule has 2 spiro atoms. The second-order valence-electron chi connectivity index (χ2n) is 7.79. The molecule has 1 aromatic rings. The van der Waals surface area contributed by atoms with Gasteiger partial charge < -0.3 is 14.4 Å². The summed E-state index contributed by atoms with van der Waals surface area (Å²) in [4.78, 5) is 27.4. The Morgan fingerprint density at radius 3 is 2.67 bits per heavy atom. The highest BCUT2D eigenvalue weighted by Crippen LogP contribution is 2.56. The smallest absolute Gasteiger partial charge is 0.255 e. The second kappa shape index (κ2) is 6.04. The maximum Gasteiger partial charge on any atom is 0.255 e. The molecule has 27 heavy (non-hydrogen) atoms. The third-order valence-electron chi connectivity index (χ3n) is 6.21. The quantitative estimate of drug-likeness (QED) is 0.812. The van der Waals surface area contributed by atoms with Crippen molar-refractivity contribution in [1.29, 1.82) is 0 Å². The van der Waals surface area contributed by atoms with Crippen molar-refractivity contribution >= 4 is 11.8 Å². The molecule has 1 saturated carbocycles. The molecule has 0 radical (unpaired) electrons. The van der Waals surface area contributed by atoms with Crippen LogP contribution in [-0.4, -0.2) is 35.7 Å². The van der Waals surface area contributed by atoms with Gasteiger partial charge >= 0.3 is 0 Å². The van der Waals surface area contributed by atoms with E-state index in [0.717, 1.165) is 5.56 Å². The molecule has 2 amide bonds. The summed E-state index contributed by atoms with van der Waals surface area (Å²) < 4.78 is 11.7. The molecular formula is C21H22N2O4. The first kappa shape index (κ1) is 16.7. The minimum absolute atomic E-state index is 0.202. The van der Waals surface area contributed by atoms with Gasteiger partial charge in [-0.2, -0.15) is 0 Å². The minimum Gasteiger partial charge on any atom is -0.350 e. The van der Waals surface area contributed by atoms with Gasteiger partial charge in [-0.15, -0.1) is 0 Å². The lowest BCUT2D eigenvalue weighted by molar-refractivity contribution is -0.165. The number of rotatable bonds is 2. The van der Waals surface area contributed by atoms with E-state index in [9.17, 15) is 9.59 Å². The van der Waals surface area contributed by atoms with Crippen molar-refractivity contribution in [3.63, 3.8) is 0 Å². The summed E-state index contributed by atoms with van der Waals surface area (Å²) in [6.07, 6.45) is 7.68. The molecule has 2 atom stereocenters. The van der Waals surface area contributed by atoms with Crippen LogP contribution in [0.15, 0.2) is 54.4 Å². The maximum absolute atomic E-state index is 12.9. The maximum atomic E-state index is 12.9. The molecule has 3 heterocycles. The van der Waals surface area contributed by atoms with Gasteiger partial charge in [0.2, 0.25) is 5.91 Å². The number of benzene rings is 1. The Hall–Kier alpha value is -2.44. The van der Waals surface area contributed by atoms with Crippen LogP contribution in [0.25, 0.3) is 0 Å². The van der Waals surface area contributed by atoms with E-state index in [0.29, 0.717) is 44.6 Å². The second-order valence-corrected chi connectivity index (χ2v) is 7.79. The van der Waals surface area contributed by atoms with Gasteiger partial charge in [0.25, 0.3) is 5.91 Å². The number of nitrogens with one attached hydrogen (secondary N) is 1. The van der Waals surface area contributed by atoms with E-state index in [1.54, 1.807) is 0 Å². The predicted octanol–water partition coefficient (Wildman–Crippen LogP) is 2.09. The zero-order valence-corrected chi connectivity index (χ0v) is 15.0. The number of fused-ring (bicyclic) bond motifs is 2.